The number of hydrogen-bond donors (Lipinski definition) is 0. The average molecular weight is 266 g/mol. The molecule has 1 heterocycles. The van der Waals surface area contributed by atoms with Crippen molar-refractivity contribution >= 4 is 26.8 Å². The van der Waals surface area contributed by atoms with Crippen molar-refractivity contribution in [3.05, 3.63) is 33.9 Å². The minimum Gasteiger partial charge on any atom is -0.497 e. The third kappa shape index (κ3) is 1.84. The molecule has 0 amide bonds. The van der Waals surface area contributed by atoms with E-state index in [-0.39, 0.29) is 0 Å². The van der Waals surface area contributed by atoms with Gasteiger partial charge in [-0.2, -0.15) is 0 Å². The van der Waals surface area contributed by atoms with Crippen LogP contribution >= 0.6 is 15.9 Å². The summed E-state index contributed by atoms with van der Waals surface area (Å²) in [5.41, 5.74) is 3.25. The van der Waals surface area contributed by atoms with E-state index in [1.165, 1.54) is 5.56 Å². The van der Waals surface area contributed by atoms with E-state index in [1.807, 2.05) is 19.1 Å². The standard InChI is InChI=1S/C12H12BrNO/c1-7-4-8(2)14-12-10(7)5-9(15-3)6-11(12)13/h4-6H,1-3H3. The number of benzene rings is 1. The highest BCUT2D eigenvalue weighted by atomic mass is 79.9. The Balaban J connectivity index is 2.85. The van der Waals surface area contributed by atoms with Crippen molar-refractivity contribution in [2.45, 2.75) is 13.8 Å². The Morgan fingerprint density at radius 1 is 1.20 bits per heavy atom. The highest BCUT2D eigenvalue weighted by Crippen LogP contribution is 2.30. The van der Waals surface area contributed by atoms with E-state index in [0.29, 0.717) is 0 Å². The normalized spacial score (nSPS) is 10.7. The molecule has 2 aromatic rings. The van der Waals surface area contributed by atoms with E-state index in [1.54, 1.807) is 7.11 Å². The van der Waals surface area contributed by atoms with Crippen LogP contribution in [-0.4, -0.2) is 12.1 Å². The number of fused-ring (bicyclic) bond motifs is 1. The quantitative estimate of drug-likeness (QED) is 0.786. The number of aryl methyl sites for hydroxylation is 2. The summed E-state index contributed by atoms with van der Waals surface area (Å²) in [4.78, 5) is 4.51. The highest BCUT2D eigenvalue weighted by molar-refractivity contribution is 9.10. The molecule has 0 fully saturated rings. The van der Waals surface area contributed by atoms with Crippen molar-refractivity contribution in [1.29, 1.82) is 0 Å². The molecule has 0 N–H and O–H groups in total. The fourth-order valence-electron chi connectivity index (χ4n) is 1.71. The number of hydrogen-bond acceptors (Lipinski definition) is 2. The first kappa shape index (κ1) is 10.4. The van der Waals surface area contributed by atoms with E-state index in [4.69, 9.17) is 4.74 Å². The number of pyridine rings is 1. The third-order valence-electron chi connectivity index (χ3n) is 2.41. The molecule has 0 unspecified atom stereocenters. The molecule has 3 heteroatoms. The Morgan fingerprint density at radius 3 is 2.60 bits per heavy atom. The molecule has 0 atom stereocenters. The van der Waals surface area contributed by atoms with Gasteiger partial charge < -0.3 is 4.74 Å². The second kappa shape index (κ2) is 3.81. The van der Waals surface area contributed by atoms with Crippen LogP contribution in [0.4, 0.5) is 0 Å². The van der Waals surface area contributed by atoms with Crippen LogP contribution in [0, 0.1) is 13.8 Å². The summed E-state index contributed by atoms with van der Waals surface area (Å²) in [5, 5.41) is 1.13. The van der Waals surface area contributed by atoms with Crippen LogP contribution in [0.3, 0.4) is 0 Å². The van der Waals surface area contributed by atoms with Gasteiger partial charge in [-0.25, -0.2) is 0 Å². The molecule has 1 aromatic heterocycles. The number of methoxy groups -OCH3 is 1. The summed E-state index contributed by atoms with van der Waals surface area (Å²) in [6, 6.07) is 6.03. The monoisotopic (exact) mass is 265 g/mol. The number of nitrogens with zero attached hydrogens (tertiary/aromatic N) is 1. The van der Waals surface area contributed by atoms with E-state index >= 15 is 0 Å². The Morgan fingerprint density at radius 2 is 1.93 bits per heavy atom. The van der Waals surface area contributed by atoms with Gasteiger partial charge in [-0.05, 0) is 53.5 Å². The molecule has 0 bridgehead atoms. The molecule has 0 aliphatic carbocycles. The van der Waals surface area contributed by atoms with Crippen LogP contribution in [0.2, 0.25) is 0 Å². The fraction of sp³-hybridized carbons (Fsp3) is 0.250. The minimum absolute atomic E-state index is 0.850. The molecule has 78 valence electrons. The SMILES string of the molecule is COc1cc(Br)c2nc(C)cc(C)c2c1. The summed E-state index contributed by atoms with van der Waals surface area (Å²) in [6.45, 7) is 4.09. The van der Waals surface area contributed by atoms with Crippen LogP contribution in [-0.2, 0) is 0 Å². The van der Waals surface area contributed by atoms with E-state index in [0.717, 1.165) is 26.8 Å². The second-order valence-corrected chi connectivity index (χ2v) is 4.44. The molecular weight excluding hydrogens is 254 g/mol. The first-order valence-electron chi connectivity index (χ1n) is 4.73. The largest absolute Gasteiger partial charge is 0.497 e. The van der Waals surface area contributed by atoms with E-state index < -0.39 is 0 Å². The summed E-state index contributed by atoms with van der Waals surface area (Å²) in [6.07, 6.45) is 0. The smallest absolute Gasteiger partial charge is 0.120 e. The first-order valence-corrected chi connectivity index (χ1v) is 5.52. The number of halogens is 1. The molecule has 0 aliphatic rings. The number of rotatable bonds is 1. The second-order valence-electron chi connectivity index (χ2n) is 3.59. The lowest BCUT2D eigenvalue weighted by molar-refractivity contribution is 0.415. The first-order chi connectivity index (χ1) is 7.11. The predicted molar refractivity (Wildman–Crippen MR) is 65.5 cm³/mol. The molecule has 0 saturated carbocycles. The minimum atomic E-state index is 0.850. The van der Waals surface area contributed by atoms with Gasteiger partial charge in [0.1, 0.15) is 5.75 Å². The van der Waals surface area contributed by atoms with Gasteiger partial charge in [-0.3, -0.25) is 4.98 Å². The van der Waals surface area contributed by atoms with Crippen LogP contribution < -0.4 is 4.74 Å². The van der Waals surface area contributed by atoms with Crippen LogP contribution in [0.1, 0.15) is 11.3 Å². The van der Waals surface area contributed by atoms with Crippen molar-refractivity contribution in [2.75, 3.05) is 7.11 Å². The van der Waals surface area contributed by atoms with Crippen molar-refractivity contribution in [3.63, 3.8) is 0 Å². The summed E-state index contributed by atoms with van der Waals surface area (Å²) in [5.74, 6) is 0.850. The van der Waals surface area contributed by atoms with Crippen molar-refractivity contribution < 1.29 is 4.74 Å². The van der Waals surface area contributed by atoms with Crippen molar-refractivity contribution in [3.8, 4) is 5.75 Å². The maximum Gasteiger partial charge on any atom is 0.120 e. The summed E-state index contributed by atoms with van der Waals surface area (Å²) < 4.78 is 6.21. The van der Waals surface area contributed by atoms with E-state index in [2.05, 4.69) is 33.9 Å². The Labute approximate surface area is 97.4 Å². The van der Waals surface area contributed by atoms with Crippen LogP contribution in [0.25, 0.3) is 10.9 Å². The van der Waals surface area contributed by atoms with Crippen molar-refractivity contribution in [2.24, 2.45) is 0 Å². The average Bonchev–Trinajstić information content (AvgIpc) is 2.19. The number of ether oxygens (including phenoxy) is 1. The molecule has 0 aliphatic heterocycles. The van der Waals surface area contributed by atoms with E-state index in [9.17, 15) is 0 Å². The third-order valence-corrected chi connectivity index (χ3v) is 3.02. The molecule has 0 radical (unpaired) electrons. The topological polar surface area (TPSA) is 22.1 Å². The Kier molecular flexibility index (Phi) is 2.65. The highest BCUT2D eigenvalue weighted by Gasteiger charge is 2.06. The summed E-state index contributed by atoms with van der Waals surface area (Å²) >= 11 is 3.51. The molecule has 1 aromatic carbocycles. The molecular formula is C12H12BrNO. The van der Waals surface area contributed by atoms with Crippen molar-refractivity contribution in [1.82, 2.24) is 4.98 Å². The predicted octanol–water partition coefficient (Wildman–Crippen LogP) is 3.62. The molecule has 0 spiro atoms. The zero-order chi connectivity index (χ0) is 11.0. The molecule has 2 nitrogen and oxygen atoms in total. The maximum absolute atomic E-state index is 5.23. The van der Waals surface area contributed by atoms with Gasteiger partial charge in [0.15, 0.2) is 0 Å². The Bertz CT molecular complexity index is 523. The van der Waals surface area contributed by atoms with Gasteiger partial charge in [0.05, 0.1) is 12.6 Å². The molecule has 0 saturated heterocycles. The zero-order valence-corrected chi connectivity index (χ0v) is 10.6. The van der Waals surface area contributed by atoms with Gasteiger partial charge in [0.2, 0.25) is 0 Å². The number of aromatic nitrogens is 1. The fourth-order valence-corrected chi connectivity index (χ4v) is 2.23. The molecule has 2 rings (SSSR count). The van der Waals surface area contributed by atoms with Gasteiger partial charge in [-0.15, -0.1) is 0 Å². The lowest BCUT2D eigenvalue weighted by atomic mass is 10.1. The van der Waals surface area contributed by atoms with Gasteiger partial charge >= 0.3 is 0 Å². The Hall–Kier alpha value is -1.09. The summed E-state index contributed by atoms with van der Waals surface area (Å²) in [7, 11) is 1.67. The molecule has 15 heavy (non-hydrogen) atoms. The van der Waals surface area contributed by atoms with Gasteiger partial charge in [0, 0.05) is 15.6 Å². The maximum atomic E-state index is 5.23. The van der Waals surface area contributed by atoms with Gasteiger partial charge in [0.25, 0.3) is 0 Å². The van der Waals surface area contributed by atoms with Crippen LogP contribution in [0.5, 0.6) is 5.75 Å². The zero-order valence-electron chi connectivity index (χ0n) is 8.97. The van der Waals surface area contributed by atoms with Gasteiger partial charge in [-0.1, -0.05) is 0 Å². The lowest BCUT2D eigenvalue weighted by Gasteiger charge is -2.08. The lowest BCUT2D eigenvalue weighted by Crippen LogP contribution is -1.90. The van der Waals surface area contributed by atoms with Crippen LogP contribution in [0.15, 0.2) is 22.7 Å².